The Morgan fingerprint density at radius 3 is 2.94 bits per heavy atom. The van der Waals surface area contributed by atoms with Crippen LogP contribution in [-0.4, -0.2) is 17.8 Å². The molecule has 1 aliphatic rings. The van der Waals surface area contributed by atoms with E-state index in [1.807, 2.05) is 6.07 Å². The van der Waals surface area contributed by atoms with E-state index >= 15 is 0 Å². The number of hydrogen-bond donors (Lipinski definition) is 3. The van der Waals surface area contributed by atoms with E-state index in [1.165, 1.54) is 0 Å². The lowest BCUT2D eigenvalue weighted by Gasteiger charge is -2.16. The number of nitriles is 1. The SMILES string of the molecule is N#Cc1cc(NCC2CCCC2O)ccc1N. The topological polar surface area (TPSA) is 82.1 Å². The molecule has 4 N–H and O–H groups in total. The van der Waals surface area contributed by atoms with Crippen LogP contribution in [0.25, 0.3) is 0 Å². The third-order valence-electron chi connectivity index (χ3n) is 3.36. The molecule has 0 amide bonds. The maximum atomic E-state index is 9.70. The first kappa shape index (κ1) is 11.7. The minimum atomic E-state index is -0.188. The summed E-state index contributed by atoms with van der Waals surface area (Å²) in [7, 11) is 0. The number of aliphatic hydroxyl groups is 1. The molecule has 0 spiro atoms. The van der Waals surface area contributed by atoms with Crippen LogP contribution >= 0.6 is 0 Å². The van der Waals surface area contributed by atoms with Gasteiger partial charge in [0, 0.05) is 23.8 Å². The van der Waals surface area contributed by atoms with Crippen LogP contribution in [0.5, 0.6) is 0 Å². The Labute approximate surface area is 101 Å². The zero-order valence-corrected chi connectivity index (χ0v) is 9.69. The van der Waals surface area contributed by atoms with E-state index in [-0.39, 0.29) is 6.10 Å². The standard InChI is InChI=1S/C13H17N3O/c14-7-10-6-11(4-5-12(10)15)16-8-9-2-1-3-13(9)17/h4-6,9,13,16-17H,1-3,8,15H2. The van der Waals surface area contributed by atoms with Gasteiger partial charge in [-0.1, -0.05) is 6.42 Å². The summed E-state index contributed by atoms with van der Waals surface area (Å²) in [5.74, 6) is 0.318. The highest BCUT2D eigenvalue weighted by atomic mass is 16.3. The van der Waals surface area contributed by atoms with Crippen LogP contribution in [0.3, 0.4) is 0 Å². The monoisotopic (exact) mass is 231 g/mol. The molecule has 1 aromatic carbocycles. The normalized spacial score (nSPS) is 23.3. The Morgan fingerprint density at radius 2 is 2.29 bits per heavy atom. The van der Waals surface area contributed by atoms with E-state index in [4.69, 9.17) is 11.0 Å². The van der Waals surface area contributed by atoms with Crippen LogP contribution in [0.15, 0.2) is 18.2 Å². The van der Waals surface area contributed by atoms with Gasteiger partial charge in [0.05, 0.1) is 11.7 Å². The van der Waals surface area contributed by atoms with Crippen LogP contribution in [-0.2, 0) is 0 Å². The number of rotatable bonds is 3. The van der Waals surface area contributed by atoms with Crippen molar-refractivity contribution < 1.29 is 5.11 Å². The van der Waals surface area contributed by atoms with Gasteiger partial charge in [0.15, 0.2) is 0 Å². The number of nitrogens with one attached hydrogen (secondary N) is 1. The highest BCUT2D eigenvalue weighted by Crippen LogP contribution is 2.26. The second-order valence-corrected chi connectivity index (χ2v) is 4.55. The molecular weight excluding hydrogens is 214 g/mol. The molecule has 0 aromatic heterocycles. The summed E-state index contributed by atoms with van der Waals surface area (Å²) in [5.41, 5.74) is 7.52. The van der Waals surface area contributed by atoms with Gasteiger partial charge in [0.2, 0.25) is 0 Å². The Hall–Kier alpha value is -1.73. The summed E-state index contributed by atoms with van der Waals surface area (Å²) in [5, 5.41) is 21.8. The quantitative estimate of drug-likeness (QED) is 0.692. The number of hydrogen-bond acceptors (Lipinski definition) is 4. The first-order valence-electron chi connectivity index (χ1n) is 5.92. The van der Waals surface area contributed by atoms with E-state index < -0.39 is 0 Å². The molecule has 17 heavy (non-hydrogen) atoms. The van der Waals surface area contributed by atoms with Crippen molar-refractivity contribution in [3.05, 3.63) is 23.8 Å². The second-order valence-electron chi connectivity index (χ2n) is 4.55. The van der Waals surface area contributed by atoms with Crippen molar-refractivity contribution in [2.75, 3.05) is 17.6 Å². The fourth-order valence-electron chi connectivity index (χ4n) is 2.27. The summed E-state index contributed by atoms with van der Waals surface area (Å²) in [6, 6.07) is 7.39. The second kappa shape index (κ2) is 5.07. The molecule has 2 rings (SSSR count). The molecule has 0 radical (unpaired) electrons. The fraction of sp³-hybridized carbons (Fsp3) is 0.462. The van der Waals surface area contributed by atoms with E-state index in [9.17, 15) is 5.11 Å². The number of anilines is 2. The molecule has 90 valence electrons. The van der Waals surface area contributed by atoms with Gasteiger partial charge in [0.1, 0.15) is 6.07 Å². The number of aliphatic hydroxyl groups excluding tert-OH is 1. The van der Waals surface area contributed by atoms with Crippen molar-refractivity contribution in [2.24, 2.45) is 5.92 Å². The molecule has 4 heteroatoms. The highest BCUT2D eigenvalue weighted by Gasteiger charge is 2.24. The number of nitrogens with zero attached hydrogens (tertiary/aromatic N) is 1. The van der Waals surface area contributed by atoms with Crippen molar-refractivity contribution in [1.82, 2.24) is 0 Å². The number of benzene rings is 1. The van der Waals surface area contributed by atoms with Gasteiger partial charge in [-0.25, -0.2) is 0 Å². The van der Waals surface area contributed by atoms with Gasteiger partial charge in [-0.2, -0.15) is 5.26 Å². The van der Waals surface area contributed by atoms with Crippen LogP contribution in [0, 0.1) is 17.2 Å². The van der Waals surface area contributed by atoms with Crippen molar-refractivity contribution in [2.45, 2.75) is 25.4 Å². The lowest BCUT2D eigenvalue weighted by atomic mass is 10.1. The zero-order valence-electron chi connectivity index (χ0n) is 9.69. The molecule has 0 bridgehead atoms. The van der Waals surface area contributed by atoms with Crippen molar-refractivity contribution in [3.8, 4) is 6.07 Å². The lowest BCUT2D eigenvalue weighted by Crippen LogP contribution is -2.21. The van der Waals surface area contributed by atoms with Gasteiger partial charge < -0.3 is 16.2 Å². The maximum absolute atomic E-state index is 9.70. The molecule has 1 saturated carbocycles. The Kier molecular flexibility index (Phi) is 3.50. The average molecular weight is 231 g/mol. The summed E-state index contributed by atoms with van der Waals surface area (Å²) in [6.45, 7) is 0.746. The van der Waals surface area contributed by atoms with Crippen molar-refractivity contribution in [1.29, 1.82) is 5.26 Å². The summed E-state index contributed by atoms with van der Waals surface area (Å²) < 4.78 is 0. The molecular formula is C13H17N3O. The van der Waals surface area contributed by atoms with Crippen molar-refractivity contribution in [3.63, 3.8) is 0 Å². The van der Waals surface area contributed by atoms with Crippen LogP contribution in [0.4, 0.5) is 11.4 Å². The van der Waals surface area contributed by atoms with Gasteiger partial charge in [-0.15, -0.1) is 0 Å². The number of nitrogen functional groups attached to an aromatic ring is 1. The largest absolute Gasteiger partial charge is 0.398 e. The third-order valence-corrected chi connectivity index (χ3v) is 3.36. The Morgan fingerprint density at radius 1 is 1.47 bits per heavy atom. The summed E-state index contributed by atoms with van der Waals surface area (Å²) >= 11 is 0. The minimum absolute atomic E-state index is 0.188. The summed E-state index contributed by atoms with van der Waals surface area (Å²) in [4.78, 5) is 0. The molecule has 0 heterocycles. The number of nitrogens with two attached hydrogens (primary N) is 1. The van der Waals surface area contributed by atoms with E-state index in [1.54, 1.807) is 12.1 Å². The van der Waals surface area contributed by atoms with E-state index in [2.05, 4.69) is 11.4 Å². The average Bonchev–Trinajstić information content (AvgIpc) is 2.74. The molecule has 2 atom stereocenters. The predicted molar refractivity (Wildman–Crippen MR) is 67.4 cm³/mol. The molecule has 1 aromatic rings. The highest BCUT2D eigenvalue weighted by molar-refractivity contribution is 5.61. The fourth-order valence-corrected chi connectivity index (χ4v) is 2.27. The first-order chi connectivity index (χ1) is 8.20. The molecule has 1 fully saturated rings. The van der Waals surface area contributed by atoms with Gasteiger partial charge >= 0.3 is 0 Å². The van der Waals surface area contributed by atoms with E-state index in [0.29, 0.717) is 17.2 Å². The smallest absolute Gasteiger partial charge is 0.101 e. The summed E-state index contributed by atoms with van der Waals surface area (Å²) in [6.07, 6.45) is 2.87. The Bertz CT molecular complexity index is 439. The van der Waals surface area contributed by atoms with E-state index in [0.717, 1.165) is 31.5 Å². The van der Waals surface area contributed by atoms with Gasteiger partial charge in [0.25, 0.3) is 0 Å². The van der Waals surface area contributed by atoms with Crippen molar-refractivity contribution >= 4 is 11.4 Å². The minimum Gasteiger partial charge on any atom is -0.398 e. The predicted octanol–water partition coefficient (Wildman–Crippen LogP) is 1.71. The van der Waals surface area contributed by atoms with Crippen LogP contribution in [0.1, 0.15) is 24.8 Å². The zero-order chi connectivity index (χ0) is 12.3. The Balaban J connectivity index is 1.97. The van der Waals surface area contributed by atoms with Crippen LogP contribution in [0.2, 0.25) is 0 Å². The molecule has 4 nitrogen and oxygen atoms in total. The first-order valence-corrected chi connectivity index (χ1v) is 5.92. The molecule has 0 aliphatic heterocycles. The maximum Gasteiger partial charge on any atom is 0.101 e. The van der Waals surface area contributed by atoms with Crippen LogP contribution < -0.4 is 11.1 Å². The molecule has 1 aliphatic carbocycles. The lowest BCUT2D eigenvalue weighted by molar-refractivity contribution is 0.138. The van der Waals surface area contributed by atoms with Gasteiger partial charge in [-0.3, -0.25) is 0 Å². The third kappa shape index (κ3) is 2.69. The molecule has 2 unspecified atom stereocenters. The molecule has 0 saturated heterocycles. The van der Waals surface area contributed by atoms with Gasteiger partial charge in [-0.05, 0) is 31.0 Å².